The Hall–Kier alpha value is -3.55. The summed E-state index contributed by atoms with van der Waals surface area (Å²) in [5.41, 5.74) is -3.48. The molecule has 8 nitrogen and oxygen atoms in total. The average molecular weight is 473 g/mol. The lowest BCUT2D eigenvalue weighted by Gasteiger charge is -2.24. The van der Waals surface area contributed by atoms with Crippen molar-refractivity contribution in [2.45, 2.75) is 31.7 Å². The second-order valence-electron chi connectivity index (χ2n) is 7.45. The standard InChI is InChI=1S/C19H17F6N7O/c1-17(2,8-33)32-15-7-14(29-13-6-12(19(23,24)25)26-9-27-13)30-16(31-15)10-4-3-5-11(28-10)18(20,21)22/h3-7,9,33H,8H2,1-2H3,(H2,26,27,29,30,31,32). The van der Waals surface area contributed by atoms with Gasteiger partial charge in [0.05, 0.1) is 12.1 Å². The second-order valence-corrected chi connectivity index (χ2v) is 7.45. The third-order valence-electron chi connectivity index (χ3n) is 4.07. The van der Waals surface area contributed by atoms with Crippen LogP contribution < -0.4 is 10.6 Å². The van der Waals surface area contributed by atoms with E-state index < -0.39 is 29.3 Å². The SMILES string of the molecule is CC(C)(CO)Nc1cc(Nc2cc(C(F)(F)F)ncn2)nc(-c2cccc(C(F)(F)F)n2)n1. The van der Waals surface area contributed by atoms with Crippen molar-refractivity contribution in [3.8, 4) is 11.5 Å². The molecule has 14 heteroatoms. The van der Waals surface area contributed by atoms with E-state index in [2.05, 4.69) is 35.6 Å². The largest absolute Gasteiger partial charge is 0.433 e. The summed E-state index contributed by atoms with van der Waals surface area (Å²) in [5.74, 6) is -0.507. The number of nitrogens with one attached hydrogen (secondary N) is 2. The summed E-state index contributed by atoms with van der Waals surface area (Å²) in [5, 5.41) is 14.9. The number of alkyl halides is 6. The van der Waals surface area contributed by atoms with Gasteiger partial charge in [-0.3, -0.25) is 0 Å². The molecule has 0 atom stereocenters. The summed E-state index contributed by atoms with van der Waals surface area (Å²) in [6.07, 6.45) is -8.72. The van der Waals surface area contributed by atoms with Crippen molar-refractivity contribution in [1.82, 2.24) is 24.9 Å². The molecule has 0 radical (unpaired) electrons. The third-order valence-corrected chi connectivity index (χ3v) is 4.07. The van der Waals surface area contributed by atoms with Gasteiger partial charge in [0, 0.05) is 12.1 Å². The highest BCUT2D eigenvalue weighted by atomic mass is 19.4. The van der Waals surface area contributed by atoms with Crippen LogP contribution in [-0.2, 0) is 12.4 Å². The molecule has 0 aliphatic heterocycles. The van der Waals surface area contributed by atoms with Gasteiger partial charge in [0.15, 0.2) is 5.82 Å². The summed E-state index contributed by atoms with van der Waals surface area (Å²) < 4.78 is 78.0. The van der Waals surface area contributed by atoms with Crippen LogP contribution >= 0.6 is 0 Å². The van der Waals surface area contributed by atoms with E-state index in [1.807, 2.05) is 0 Å². The topological polar surface area (TPSA) is 109 Å². The van der Waals surface area contributed by atoms with Gasteiger partial charge >= 0.3 is 12.4 Å². The predicted octanol–water partition coefficient (Wildman–Crippen LogP) is 4.29. The Kier molecular flexibility index (Phi) is 6.40. The van der Waals surface area contributed by atoms with Gasteiger partial charge in [0.1, 0.15) is 40.9 Å². The minimum absolute atomic E-state index is 0.0749. The molecule has 3 aromatic heterocycles. The maximum Gasteiger partial charge on any atom is 0.433 e. The first kappa shape index (κ1) is 24.1. The van der Waals surface area contributed by atoms with Gasteiger partial charge in [-0.05, 0) is 26.0 Å². The van der Waals surface area contributed by atoms with Crippen molar-refractivity contribution in [3.05, 3.63) is 48.0 Å². The highest BCUT2D eigenvalue weighted by Gasteiger charge is 2.33. The van der Waals surface area contributed by atoms with Gasteiger partial charge in [0.25, 0.3) is 0 Å². The van der Waals surface area contributed by atoms with Crippen LogP contribution in [-0.4, -0.2) is 42.2 Å². The Morgan fingerprint density at radius 2 is 1.48 bits per heavy atom. The molecule has 0 aliphatic rings. The number of aliphatic hydroxyl groups excluding tert-OH is 1. The smallest absolute Gasteiger partial charge is 0.394 e. The fourth-order valence-corrected chi connectivity index (χ4v) is 2.51. The van der Waals surface area contributed by atoms with Gasteiger partial charge in [-0.2, -0.15) is 26.3 Å². The van der Waals surface area contributed by atoms with Gasteiger partial charge < -0.3 is 15.7 Å². The van der Waals surface area contributed by atoms with Crippen LogP contribution in [0.2, 0.25) is 0 Å². The number of anilines is 3. The molecule has 0 unspecified atom stereocenters. The van der Waals surface area contributed by atoms with Gasteiger partial charge in [0.2, 0.25) is 0 Å². The van der Waals surface area contributed by atoms with Crippen molar-refractivity contribution < 1.29 is 31.4 Å². The normalized spacial score (nSPS) is 12.5. The zero-order valence-electron chi connectivity index (χ0n) is 17.1. The second kappa shape index (κ2) is 8.77. The average Bonchev–Trinajstić information content (AvgIpc) is 2.72. The van der Waals surface area contributed by atoms with Crippen molar-refractivity contribution in [3.63, 3.8) is 0 Å². The number of hydrogen-bond donors (Lipinski definition) is 3. The molecule has 0 fully saturated rings. The maximum absolute atomic E-state index is 13.1. The summed E-state index contributed by atoms with van der Waals surface area (Å²) in [4.78, 5) is 18.6. The van der Waals surface area contributed by atoms with Gasteiger partial charge in [-0.15, -0.1) is 0 Å². The fraction of sp³-hybridized carbons (Fsp3) is 0.316. The Labute approximate surface area is 183 Å². The number of halogens is 6. The number of pyridine rings is 1. The molecule has 0 aliphatic carbocycles. The van der Waals surface area contributed by atoms with E-state index in [1.54, 1.807) is 13.8 Å². The van der Waals surface area contributed by atoms with Gasteiger partial charge in [-0.25, -0.2) is 24.9 Å². The van der Waals surface area contributed by atoms with E-state index in [0.717, 1.165) is 12.1 Å². The number of nitrogens with zero attached hydrogens (tertiary/aromatic N) is 5. The number of hydrogen-bond acceptors (Lipinski definition) is 8. The fourth-order valence-electron chi connectivity index (χ4n) is 2.51. The monoisotopic (exact) mass is 473 g/mol. The molecular formula is C19H17F6N7O. The molecular weight excluding hydrogens is 456 g/mol. The highest BCUT2D eigenvalue weighted by Crippen LogP contribution is 2.31. The lowest BCUT2D eigenvalue weighted by atomic mass is 10.1. The molecule has 33 heavy (non-hydrogen) atoms. The van der Waals surface area contributed by atoms with Crippen molar-refractivity contribution >= 4 is 17.5 Å². The first-order valence-corrected chi connectivity index (χ1v) is 9.26. The van der Waals surface area contributed by atoms with E-state index in [1.165, 1.54) is 12.1 Å². The van der Waals surface area contributed by atoms with Crippen LogP contribution in [0, 0.1) is 0 Å². The Balaban J connectivity index is 2.06. The molecule has 176 valence electrons. The molecule has 3 rings (SSSR count). The van der Waals surface area contributed by atoms with E-state index in [9.17, 15) is 31.4 Å². The van der Waals surface area contributed by atoms with Crippen LogP contribution in [0.4, 0.5) is 43.8 Å². The molecule has 0 spiro atoms. The molecule has 0 saturated carbocycles. The summed E-state index contributed by atoms with van der Waals surface area (Å²) in [7, 11) is 0. The van der Waals surface area contributed by atoms with Crippen LogP contribution in [0.1, 0.15) is 25.2 Å². The lowest BCUT2D eigenvalue weighted by molar-refractivity contribution is -0.141. The van der Waals surface area contributed by atoms with E-state index >= 15 is 0 Å². The molecule has 0 saturated heterocycles. The quantitative estimate of drug-likeness (QED) is 0.455. The summed E-state index contributed by atoms with van der Waals surface area (Å²) >= 11 is 0. The molecule has 3 aromatic rings. The molecule has 0 bridgehead atoms. The molecule has 0 amide bonds. The van der Waals surface area contributed by atoms with Crippen LogP contribution in [0.3, 0.4) is 0 Å². The van der Waals surface area contributed by atoms with Gasteiger partial charge in [-0.1, -0.05) is 6.07 Å². The van der Waals surface area contributed by atoms with Crippen molar-refractivity contribution in [2.24, 2.45) is 0 Å². The van der Waals surface area contributed by atoms with Crippen LogP contribution in [0.25, 0.3) is 11.5 Å². The Bertz CT molecular complexity index is 1130. The first-order valence-electron chi connectivity index (χ1n) is 9.26. The first-order chi connectivity index (χ1) is 15.3. The Morgan fingerprint density at radius 3 is 2.12 bits per heavy atom. The summed E-state index contributed by atoms with van der Waals surface area (Å²) in [6, 6.07) is 5.10. The van der Waals surface area contributed by atoms with Crippen LogP contribution in [0.5, 0.6) is 0 Å². The number of rotatable bonds is 6. The van der Waals surface area contributed by atoms with Crippen molar-refractivity contribution in [1.29, 1.82) is 0 Å². The van der Waals surface area contributed by atoms with E-state index in [-0.39, 0.29) is 35.6 Å². The lowest BCUT2D eigenvalue weighted by Crippen LogP contribution is -2.35. The third kappa shape index (κ3) is 6.25. The Morgan fingerprint density at radius 1 is 0.818 bits per heavy atom. The minimum atomic E-state index is -4.71. The summed E-state index contributed by atoms with van der Waals surface area (Å²) in [6.45, 7) is 2.94. The highest BCUT2D eigenvalue weighted by molar-refractivity contribution is 5.62. The molecule has 0 aromatic carbocycles. The zero-order chi connectivity index (χ0) is 24.4. The van der Waals surface area contributed by atoms with Crippen molar-refractivity contribution in [2.75, 3.05) is 17.2 Å². The zero-order valence-corrected chi connectivity index (χ0v) is 17.1. The maximum atomic E-state index is 13.1. The number of aliphatic hydroxyl groups is 1. The number of aromatic nitrogens is 5. The minimum Gasteiger partial charge on any atom is -0.394 e. The van der Waals surface area contributed by atoms with E-state index in [0.29, 0.717) is 12.4 Å². The molecule has 3 N–H and O–H groups in total. The predicted molar refractivity (Wildman–Crippen MR) is 105 cm³/mol. The van der Waals surface area contributed by atoms with Crippen LogP contribution in [0.15, 0.2) is 36.7 Å². The molecule has 3 heterocycles. The van der Waals surface area contributed by atoms with E-state index in [4.69, 9.17) is 0 Å².